The van der Waals surface area contributed by atoms with Crippen LogP contribution in [-0.2, 0) is 4.84 Å². The van der Waals surface area contributed by atoms with Crippen LogP contribution in [0.15, 0.2) is 12.2 Å². The molecule has 0 spiro atoms. The van der Waals surface area contributed by atoms with Crippen molar-refractivity contribution in [3.63, 3.8) is 0 Å². The fourth-order valence-electron chi connectivity index (χ4n) is 1.53. The molecule has 0 aliphatic heterocycles. The minimum absolute atomic E-state index is 0.687. The van der Waals surface area contributed by atoms with Gasteiger partial charge in [-0.2, -0.15) is 0 Å². The maximum atomic E-state index is 4.96. The first kappa shape index (κ1) is 8.75. The third-order valence-corrected chi connectivity index (χ3v) is 2.13. The Morgan fingerprint density at radius 3 is 2.82 bits per heavy atom. The van der Waals surface area contributed by atoms with E-state index in [1.54, 1.807) is 7.05 Å². The molecule has 0 heterocycles. The lowest BCUT2D eigenvalue weighted by molar-refractivity contribution is 0.0808. The van der Waals surface area contributed by atoms with Gasteiger partial charge in [0.1, 0.15) is 0 Å². The van der Waals surface area contributed by atoms with Crippen LogP contribution in [0.3, 0.4) is 0 Å². The van der Waals surface area contributed by atoms with E-state index in [9.17, 15) is 0 Å². The van der Waals surface area contributed by atoms with Crippen LogP contribution in [0, 0.1) is 5.92 Å². The average molecular weight is 155 g/mol. The number of hydrogen-bond acceptors (Lipinski definition) is 2. The van der Waals surface area contributed by atoms with E-state index in [1.807, 2.05) is 0 Å². The fraction of sp³-hybridized carbons (Fsp3) is 0.778. The van der Waals surface area contributed by atoms with Crippen LogP contribution in [0.4, 0.5) is 0 Å². The van der Waals surface area contributed by atoms with Gasteiger partial charge in [-0.05, 0) is 18.8 Å². The van der Waals surface area contributed by atoms with Crippen molar-refractivity contribution in [1.29, 1.82) is 0 Å². The molecule has 64 valence electrons. The molecule has 1 aliphatic rings. The van der Waals surface area contributed by atoms with Gasteiger partial charge in [0, 0.05) is 7.05 Å². The van der Waals surface area contributed by atoms with Crippen LogP contribution in [0.25, 0.3) is 0 Å². The van der Waals surface area contributed by atoms with Crippen molar-refractivity contribution in [1.82, 2.24) is 5.48 Å². The Labute approximate surface area is 68.6 Å². The minimum Gasteiger partial charge on any atom is -0.298 e. The minimum atomic E-state index is 0.687. The maximum absolute atomic E-state index is 4.96. The normalized spacial score (nSPS) is 20.1. The van der Waals surface area contributed by atoms with Gasteiger partial charge in [0.05, 0.1) is 6.61 Å². The molecule has 0 aromatic heterocycles. The van der Waals surface area contributed by atoms with Gasteiger partial charge in [-0.3, -0.25) is 4.84 Å². The van der Waals surface area contributed by atoms with Crippen molar-refractivity contribution in [2.45, 2.75) is 25.7 Å². The fourth-order valence-corrected chi connectivity index (χ4v) is 1.53. The molecule has 0 unspecified atom stereocenters. The van der Waals surface area contributed by atoms with Crippen molar-refractivity contribution in [3.05, 3.63) is 12.2 Å². The van der Waals surface area contributed by atoms with Crippen LogP contribution >= 0.6 is 0 Å². The van der Waals surface area contributed by atoms with Gasteiger partial charge in [-0.15, -0.1) is 0 Å². The van der Waals surface area contributed by atoms with E-state index >= 15 is 0 Å². The van der Waals surface area contributed by atoms with Crippen molar-refractivity contribution < 1.29 is 4.84 Å². The van der Waals surface area contributed by atoms with E-state index in [1.165, 1.54) is 25.7 Å². The number of nitrogens with one attached hydrogen (secondary N) is 1. The zero-order valence-electron chi connectivity index (χ0n) is 7.18. The third-order valence-electron chi connectivity index (χ3n) is 2.13. The standard InChI is InChI=1S/C9H17NO/c1-10-11-8-4-7-9-5-2-3-6-9/h4,7,9-10H,2-3,5-6,8H2,1H3/b7-4+. The van der Waals surface area contributed by atoms with Crippen LogP contribution < -0.4 is 5.48 Å². The van der Waals surface area contributed by atoms with Crippen molar-refractivity contribution in [3.8, 4) is 0 Å². The van der Waals surface area contributed by atoms with Crippen LogP contribution in [0.5, 0.6) is 0 Å². The van der Waals surface area contributed by atoms with Gasteiger partial charge in [-0.25, -0.2) is 5.48 Å². The molecule has 1 aliphatic carbocycles. The zero-order valence-corrected chi connectivity index (χ0v) is 7.18. The van der Waals surface area contributed by atoms with Gasteiger partial charge in [0.15, 0.2) is 0 Å². The second-order valence-corrected chi connectivity index (χ2v) is 2.99. The molecule has 0 bridgehead atoms. The summed E-state index contributed by atoms with van der Waals surface area (Å²) in [6, 6.07) is 0. The van der Waals surface area contributed by atoms with E-state index < -0.39 is 0 Å². The highest BCUT2D eigenvalue weighted by molar-refractivity contribution is 4.90. The molecule has 11 heavy (non-hydrogen) atoms. The van der Waals surface area contributed by atoms with Crippen LogP contribution in [0.1, 0.15) is 25.7 Å². The Morgan fingerprint density at radius 2 is 2.18 bits per heavy atom. The van der Waals surface area contributed by atoms with E-state index in [4.69, 9.17) is 4.84 Å². The molecular formula is C9H17NO. The largest absolute Gasteiger partial charge is 0.298 e. The Morgan fingerprint density at radius 1 is 1.45 bits per heavy atom. The Bertz CT molecular complexity index is 117. The number of hydroxylamine groups is 1. The molecular weight excluding hydrogens is 138 g/mol. The first-order chi connectivity index (χ1) is 5.43. The van der Waals surface area contributed by atoms with Crippen LogP contribution in [0.2, 0.25) is 0 Å². The van der Waals surface area contributed by atoms with E-state index in [-0.39, 0.29) is 0 Å². The molecule has 1 fully saturated rings. The summed E-state index contributed by atoms with van der Waals surface area (Å²) in [7, 11) is 1.78. The number of hydrogen-bond donors (Lipinski definition) is 1. The summed E-state index contributed by atoms with van der Waals surface area (Å²) in [6.07, 6.45) is 9.94. The first-order valence-electron chi connectivity index (χ1n) is 4.38. The third kappa shape index (κ3) is 3.54. The Kier molecular flexibility index (Phi) is 4.24. The molecule has 2 heteroatoms. The number of rotatable bonds is 4. The molecule has 1 N–H and O–H groups in total. The highest BCUT2D eigenvalue weighted by atomic mass is 16.6. The molecule has 1 saturated carbocycles. The summed E-state index contributed by atoms with van der Waals surface area (Å²) in [5.41, 5.74) is 2.64. The smallest absolute Gasteiger partial charge is 0.0863 e. The summed E-state index contributed by atoms with van der Waals surface area (Å²) < 4.78 is 0. The summed E-state index contributed by atoms with van der Waals surface area (Å²) in [6.45, 7) is 0.687. The topological polar surface area (TPSA) is 21.3 Å². The lowest BCUT2D eigenvalue weighted by atomic mass is 10.1. The lowest BCUT2D eigenvalue weighted by Gasteiger charge is -1.99. The summed E-state index contributed by atoms with van der Waals surface area (Å²) in [5.74, 6) is 0.829. The van der Waals surface area contributed by atoms with Gasteiger partial charge in [0.2, 0.25) is 0 Å². The molecule has 1 rings (SSSR count). The molecule has 0 radical (unpaired) electrons. The first-order valence-corrected chi connectivity index (χ1v) is 4.38. The highest BCUT2D eigenvalue weighted by Gasteiger charge is 2.10. The van der Waals surface area contributed by atoms with E-state index in [0.717, 1.165) is 5.92 Å². The average Bonchev–Trinajstić information content (AvgIpc) is 2.50. The lowest BCUT2D eigenvalue weighted by Crippen LogP contribution is -2.06. The molecule has 0 atom stereocenters. The quantitative estimate of drug-likeness (QED) is 0.380. The highest BCUT2D eigenvalue weighted by Crippen LogP contribution is 2.25. The molecule has 0 amide bonds. The monoisotopic (exact) mass is 155 g/mol. The van der Waals surface area contributed by atoms with Gasteiger partial charge >= 0.3 is 0 Å². The predicted octanol–water partition coefficient (Wildman–Crippen LogP) is 1.88. The van der Waals surface area contributed by atoms with E-state index in [0.29, 0.717) is 6.61 Å². The molecule has 2 nitrogen and oxygen atoms in total. The second-order valence-electron chi connectivity index (χ2n) is 2.99. The molecule has 0 aromatic carbocycles. The second kappa shape index (κ2) is 5.33. The maximum Gasteiger partial charge on any atom is 0.0863 e. The van der Waals surface area contributed by atoms with Crippen molar-refractivity contribution in [2.75, 3.05) is 13.7 Å². The van der Waals surface area contributed by atoms with Gasteiger partial charge in [-0.1, -0.05) is 25.0 Å². The molecule has 0 aromatic rings. The van der Waals surface area contributed by atoms with E-state index in [2.05, 4.69) is 17.6 Å². The van der Waals surface area contributed by atoms with Gasteiger partial charge < -0.3 is 0 Å². The van der Waals surface area contributed by atoms with Crippen molar-refractivity contribution >= 4 is 0 Å². The Balaban J connectivity index is 2.03. The number of allylic oxidation sites excluding steroid dienone is 1. The van der Waals surface area contributed by atoms with Crippen molar-refractivity contribution in [2.24, 2.45) is 5.92 Å². The summed E-state index contributed by atoms with van der Waals surface area (Å²) in [5, 5.41) is 0. The Hall–Kier alpha value is -0.340. The zero-order chi connectivity index (χ0) is 7.94. The van der Waals surface area contributed by atoms with Gasteiger partial charge in [0.25, 0.3) is 0 Å². The molecule has 0 saturated heterocycles. The predicted molar refractivity (Wildman–Crippen MR) is 46.1 cm³/mol. The SMILES string of the molecule is CNOC/C=C/C1CCCC1. The summed E-state index contributed by atoms with van der Waals surface area (Å²) >= 11 is 0. The summed E-state index contributed by atoms with van der Waals surface area (Å²) in [4.78, 5) is 4.96. The van der Waals surface area contributed by atoms with Crippen LogP contribution in [-0.4, -0.2) is 13.7 Å².